The minimum atomic E-state index is -3.76. The molecular formula is C24H35N5O4S. The van der Waals surface area contributed by atoms with Crippen molar-refractivity contribution in [2.75, 3.05) is 33.7 Å². The number of rotatable bonds is 9. The van der Waals surface area contributed by atoms with Crippen LogP contribution < -0.4 is 11.1 Å². The van der Waals surface area contributed by atoms with E-state index in [0.717, 1.165) is 12.0 Å². The summed E-state index contributed by atoms with van der Waals surface area (Å²) in [7, 11) is 1.79. The van der Waals surface area contributed by atoms with Gasteiger partial charge in [-0.05, 0) is 50.6 Å². The van der Waals surface area contributed by atoms with E-state index in [9.17, 15) is 18.0 Å². The number of benzene rings is 1. The van der Waals surface area contributed by atoms with Gasteiger partial charge in [-0.3, -0.25) is 9.59 Å². The Bertz CT molecular complexity index is 1120. The summed E-state index contributed by atoms with van der Waals surface area (Å²) in [4.78, 5) is 26.4. The molecule has 3 rings (SSSR count). The Morgan fingerprint density at radius 2 is 1.79 bits per heavy atom. The molecule has 1 fully saturated rings. The highest BCUT2D eigenvalue weighted by molar-refractivity contribution is 7.89. The minimum absolute atomic E-state index is 0.0367. The Hall–Kier alpha value is -2.69. The maximum atomic E-state index is 13.0. The molecule has 1 aliphatic rings. The highest BCUT2D eigenvalue weighted by Gasteiger charge is 2.33. The van der Waals surface area contributed by atoms with Crippen LogP contribution in [-0.4, -0.2) is 67.7 Å². The van der Waals surface area contributed by atoms with Crippen LogP contribution in [0.4, 0.5) is 0 Å². The topological polar surface area (TPSA) is 118 Å². The molecule has 1 atom stereocenters. The van der Waals surface area contributed by atoms with Gasteiger partial charge in [0.25, 0.3) is 5.91 Å². The number of amides is 2. The molecule has 34 heavy (non-hydrogen) atoms. The molecule has 0 saturated carbocycles. The van der Waals surface area contributed by atoms with Gasteiger partial charge in [-0.2, -0.15) is 4.31 Å². The van der Waals surface area contributed by atoms with E-state index in [0.29, 0.717) is 19.4 Å². The zero-order valence-electron chi connectivity index (χ0n) is 20.3. The number of hydrogen-bond donors (Lipinski definition) is 2. The predicted octanol–water partition coefficient (Wildman–Crippen LogP) is 1.51. The summed E-state index contributed by atoms with van der Waals surface area (Å²) in [5.74, 6) is -0.977. The fraction of sp³-hybridized carbons (Fsp3) is 0.500. The lowest BCUT2D eigenvalue weighted by molar-refractivity contribution is -0.126. The number of nitrogens with zero attached hydrogens (tertiary/aromatic N) is 3. The number of carbonyl (C=O) groups is 2. The standard InChI is InChI=1S/C24H35N5O4S/c1-5-17-6-8-18(9-7-17)22(27(2)3)15-26-24(31)19-10-12-29(13-11-19)34(32,33)20-14-21(23(25)30)28(4)16-20/h6-9,14,16,19,22H,5,10-13,15H2,1-4H3,(H2,25,30)(H,26,31)/t22-/m1/s1. The summed E-state index contributed by atoms with van der Waals surface area (Å²) in [5.41, 5.74) is 7.85. The smallest absolute Gasteiger partial charge is 0.265 e. The summed E-state index contributed by atoms with van der Waals surface area (Å²) >= 11 is 0. The van der Waals surface area contributed by atoms with Crippen molar-refractivity contribution in [1.82, 2.24) is 19.1 Å². The quantitative estimate of drug-likeness (QED) is 0.554. The molecule has 9 nitrogen and oxygen atoms in total. The third-order valence-corrected chi connectivity index (χ3v) is 8.42. The van der Waals surface area contributed by atoms with Gasteiger partial charge in [0.05, 0.1) is 6.04 Å². The molecule has 0 aliphatic carbocycles. The second kappa shape index (κ2) is 10.7. The van der Waals surface area contributed by atoms with Crippen LogP contribution in [0.5, 0.6) is 0 Å². The Balaban J connectivity index is 1.58. The van der Waals surface area contributed by atoms with Crippen LogP contribution in [0.2, 0.25) is 0 Å². The predicted molar refractivity (Wildman–Crippen MR) is 131 cm³/mol. The average molecular weight is 490 g/mol. The van der Waals surface area contributed by atoms with Gasteiger partial charge in [-0.25, -0.2) is 8.42 Å². The molecule has 2 amide bonds. The normalized spacial score (nSPS) is 16.5. The highest BCUT2D eigenvalue weighted by atomic mass is 32.2. The number of likely N-dealkylation sites (N-methyl/N-ethyl adjacent to an activating group) is 1. The second-order valence-corrected chi connectivity index (χ2v) is 11.0. The van der Waals surface area contributed by atoms with Crippen LogP contribution in [0.1, 0.15) is 47.4 Å². The van der Waals surface area contributed by atoms with Gasteiger partial charge in [0.15, 0.2) is 0 Å². The summed E-state index contributed by atoms with van der Waals surface area (Å²) in [6.45, 7) is 3.09. The van der Waals surface area contributed by atoms with Crippen molar-refractivity contribution >= 4 is 21.8 Å². The first kappa shape index (κ1) is 25.9. The number of primary amides is 1. The van der Waals surface area contributed by atoms with Crippen molar-refractivity contribution in [3.8, 4) is 0 Å². The van der Waals surface area contributed by atoms with E-state index in [2.05, 4.69) is 41.4 Å². The fourth-order valence-electron chi connectivity index (χ4n) is 4.34. The zero-order valence-corrected chi connectivity index (χ0v) is 21.1. The third-order valence-electron chi connectivity index (χ3n) is 6.56. The SMILES string of the molecule is CCc1ccc([C@@H](CNC(=O)C2CCN(S(=O)(=O)c3cc(C(N)=O)n(C)c3)CC2)N(C)C)cc1. The lowest BCUT2D eigenvalue weighted by Crippen LogP contribution is -2.44. The number of carbonyl (C=O) groups excluding carboxylic acids is 2. The van der Waals surface area contributed by atoms with Gasteiger partial charge in [-0.1, -0.05) is 31.2 Å². The van der Waals surface area contributed by atoms with Crippen molar-refractivity contribution in [2.24, 2.45) is 18.7 Å². The maximum absolute atomic E-state index is 13.0. The van der Waals surface area contributed by atoms with Gasteiger partial charge < -0.3 is 20.5 Å². The van der Waals surface area contributed by atoms with Gasteiger partial charge in [0.2, 0.25) is 15.9 Å². The van der Waals surface area contributed by atoms with E-state index in [1.165, 1.54) is 26.7 Å². The van der Waals surface area contributed by atoms with Crippen LogP contribution in [0.25, 0.3) is 0 Å². The summed E-state index contributed by atoms with van der Waals surface area (Å²) in [5, 5.41) is 3.07. The van der Waals surface area contributed by atoms with Crippen LogP contribution in [0, 0.1) is 5.92 Å². The number of aromatic nitrogens is 1. The molecule has 3 N–H and O–H groups in total. The Labute approximate surface area is 202 Å². The van der Waals surface area contributed by atoms with E-state index >= 15 is 0 Å². The number of nitrogens with two attached hydrogens (primary N) is 1. The van der Waals surface area contributed by atoms with Crippen LogP contribution >= 0.6 is 0 Å². The Morgan fingerprint density at radius 1 is 1.18 bits per heavy atom. The molecule has 186 valence electrons. The van der Waals surface area contributed by atoms with Gasteiger partial charge >= 0.3 is 0 Å². The second-order valence-electron chi connectivity index (χ2n) is 9.03. The first-order chi connectivity index (χ1) is 16.0. The van der Waals surface area contributed by atoms with Crippen molar-refractivity contribution in [2.45, 2.75) is 37.1 Å². The first-order valence-electron chi connectivity index (χ1n) is 11.5. The van der Waals surface area contributed by atoms with Crippen molar-refractivity contribution in [3.63, 3.8) is 0 Å². The number of piperidine rings is 1. The van der Waals surface area contributed by atoms with Crippen LogP contribution in [0.15, 0.2) is 41.4 Å². The molecule has 0 spiro atoms. The molecular weight excluding hydrogens is 454 g/mol. The van der Waals surface area contributed by atoms with E-state index in [1.54, 1.807) is 7.05 Å². The monoisotopic (exact) mass is 489 g/mol. The third kappa shape index (κ3) is 5.68. The number of aryl methyl sites for hydroxylation is 2. The minimum Gasteiger partial charge on any atom is -0.364 e. The van der Waals surface area contributed by atoms with E-state index < -0.39 is 15.9 Å². The van der Waals surface area contributed by atoms with E-state index in [-0.39, 0.29) is 41.5 Å². The van der Waals surface area contributed by atoms with Crippen molar-refractivity contribution < 1.29 is 18.0 Å². The van der Waals surface area contributed by atoms with Crippen molar-refractivity contribution in [1.29, 1.82) is 0 Å². The first-order valence-corrected chi connectivity index (χ1v) is 13.0. The zero-order chi connectivity index (χ0) is 25.0. The molecule has 1 aliphatic heterocycles. The molecule has 0 radical (unpaired) electrons. The van der Waals surface area contributed by atoms with Crippen molar-refractivity contribution in [3.05, 3.63) is 53.3 Å². The number of sulfonamides is 1. The number of hydrogen-bond acceptors (Lipinski definition) is 5. The molecule has 1 aromatic carbocycles. The number of nitrogens with one attached hydrogen (secondary N) is 1. The van der Waals surface area contributed by atoms with Gasteiger partial charge in [0, 0.05) is 38.8 Å². The molecule has 0 unspecified atom stereocenters. The molecule has 10 heteroatoms. The molecule has 2 aromatic rings. The summed E-state index contributed by atoms with van der Waals surface area (Å²) in [6, 6.07) is 9.78. The lowest BCUT2D eigenvalue weighted by Gasteiger charge is -2.31. The molecule has 1 aromatic heterocycles. The maximum Gasteiger partial charge on any atom is 0.265 e. The highest BCUT2D eigenvalue weighted by Crippen LogP contribution is 2.25. The summed E-state index contributed by atoms with van der Waals surface area (Å²) < 4.78 is 28.8. The van der Waals surface area contributed by atoms with Crippen LogP contribution in [0.3, 0.4) is 0 Å². The Morgan fingerprint density at radius 3 is 2.29 bits per heavy atom. The van der Waals surface area contributed by atoms with Gasteiger partial charge in [0.1, 0.15) is 10.6 Å². The van der Waals surface area contributed by atoms with Crippen LogP contribution in [-0.2, 0) is 28.3 Å². The Kier molecular flexibility index (Phi) is 8.17. The summed E-state index contributed by atoms with van der Waals surface area (Å²) in [6.07, 6.45) is 3.26. The van der Waals surface area contributed by atoms with E-state index in [1.807, 2.05) is 14.1 Å². The van der Waals surface area contributed by atoms with Gasteiger partial charge in [-0.15, -0.1) is 0 Å². The average Bonchev–Trinajstić information content (AvgIpc) is 3.22. The molecule has 1 saturated heterocycles. The largest absolute Gasteiger partial charge is 0.364 e. The van der Waals surface area contributed by atoms with E-state index in [4.69, 9.17) is 5.73 Å². The fourth-order valence-corrected chi connectivity index (χ4v) is 5.88. The molecule has 2 heterocycles. The lowest BCUT2D eigenvalue weighted by atomic mass is 9.96. The molecule has 0 bridgehead atoms.